The summed E-state index contributed by atoms with van der Waals surface area (Å²) in [6.45, 7) is 0. The molecule has 0 aliphatic carbocycles. The van der Waals surface area contributed by atoms with E-state index >= 15 is 0 Å². The van der Waals surface area contributed by atoms with Crippen LogP contribution in [0.2, 0.25) is 0 Å². The zero-order valence-corrected chi connectivity index (χ0v) is 25.6. The van der Waals surface area contributed by atoms with Crippen LogP contribution < -0.4 is 5.32 Å². The summed E-state index contributed by atoms with van der Waals surface area (Å²) in [5.41, 5.74) is 8.06. The summed E-state index contributed by atoms with van der Waals surface area (Å²) >= 11 is 0. The zero-order chi connectivity index (χ0) is 31.6. The summed E-state index contributed by atoms with van der Waals surface area (Å²) in [4.78, 5) is 14.9. The van der Waals surface area contributed by atoms with E-state index < -0.39 is 0 Å². The van der Waals surface area contributed by atoms with Crippen LogP contribution in [0.1, 0.15) is 22.9 Å². The molecule has 0 spiro atoms. The number of fused-ring (bicyclic) bond motifs is 7. The fourth-order valence-corrected chi connectivity index (χ4v) is 6.97. The number of amidine groups is 2. The maximum Gasteiger partial charge on any atom is 0.159 e. The van der Waals surface area contributed by atoms with Gasteiger partial charge in [-0.25, -0.2) is 9.98 Å². The average Bonchev–Trinajstić information content (AvgIpc) is 3.72. The molecule has 9 aromatic rings. The van der Waals surface area contributed by atoms with E-state index in [2.05, 4.69) is 66.0 Å². The minimum atomic E-state index is -0.306. The SMILES string of the molecule is c1ccc(C2=NC(c3ccccc3)NC(c3cccc4oc5c(-c6cccc7oc8cc9ccccc9cc8c67)cncc5c34)=N2)cc1. The second-order valence-corrected chi connectivity index (χ2v) is 12.1. The first-order valence-electron chi connectivity index (χ1n) is 16.0. The first-order chi connectivity index (χ1) is 23.8. The predicted molar refractivity (Wildman–Crippen MR) is 194 cm³/mol. The molecule has 6 aromatic carbocycles. The molecule has 0 bridgehead atoms. The second kappa shape index (κ2) is 10.5. The Balaban J connectivity index is 1.18. The molecular formula is C42H26N4O2. The van der Waals surface area contributed by atoms with Crippen LogP contribution in [-0.4, -0.2) is 16.7 Å². The lowest BCUT2D eigenvalue weighted by atomic mass is 9.97. The number of nitrogens with zero attached hydrogens (tertiary/aromatic N) is 3. The van der Waals surface area contributed by atoms with Gasteiger partial charge in [-0.1, -0.05) is 109 Å². The topological polar surface area (TPSA) is 75.9 Å². The van der Waals surface area contributed by atoms with Crippen LogP contribution in [0.25, 0.3) is 65.8 Å². The van der Waals surface area contributed by atoms with Gasteiger partial charge in [-0.3, -0.25) is 4.98 Å². The van der Waals surface area contributed by atoms with Crippen LogP contribution >= 0.6 is 0 Å². The Bertz CT molecular complexity index is 2760. The minimum Gasteiger partial charge on any atom is -0.456 e. The summed E-state index contributed by atoms with van der Waals surface area (Å²) in [5.74, 6) is 1.40. The third-order valence-corrected chi connectivity index (χ3v) is 9.20. The highest BCUT2D eigenvalue weighted by atomic mass is 16.3. The number of rotatable bonds is 4. The molecule has 1 aliphatic heterocycles. The van der Waals surface area contributed by atoms with Crippen molar-refractivity contribution in [3.63, 3.8) is 0 Å². The van der Waals surface area contributed by atoms with Gasteiger partial charge in [0.05, 0.1) is 0 Å². The lowest BCUT2D eigenvalue weighted by Gasteiger charge is -2.24. The smallest absolute Gasteiger partial charge is 0.159 e. The van der Waals surface area contributed by atoms with Gasteiger partial charge in [-0.05, 0) is 46.2 Å². The molecular weight excluding hydrogens is 592 g/mol. The van der Waals surface area contributed by atoms with Crippen LogP contribution in [0.3, 0.4) is 0 Å². The number of pyridine rings is 1. The van der Waals surface area contributed by atoms with Gasteiger partial charge in [0.2, 0.25) is 0 Å². The van der Waals surface area contributed by atoms with E-state index in [1.165, 1.54) is 5.39 Å². The first-order valence-corrected chi connectivity index (χ1v) is 16.0. The summed E-state index contributed by atoms with van der Waals surface area (Å²) in [6.07, 6.45) is 3.47. The Morgan fingerprint density at radius 2 is 1.23 bits per heavy atom. The standard InChI is InChI=1S/C42H26N4O2/c1-3-11-25(12-4-1)40-44-41(26-13-5-2-6-14-26)46-42(45-40)30-18-10-20-35-38(30)33-24-43-23-32(39(33)48-35)29-17-9-19-34-37(29)31-21-27-15-7-8-16-28(27)22-36(31)47-34/h1-24,40H,(H,44,45,46). The predicted octanol–water partition coefficient (Wildman–Crippen LogP) is 10.2. The lowest BCUT2D eigenvalue weighted by molar-refractivity contribution is 0.668. The fourth-order valence-electron chi connectivity index (χ4n) is 6.97. The van der Waals surface area contributed by atoms with Gasteiger partial charge >= 0.3 is 0 Å². The molecule has 3 aromatic heterocycles. The van der Waals surface area contributed by atoms with Gasteiger partial charge in [0.25, 0.3) is 0 Å². The van der Waals surface area contributed by atoms with E-state index in [0.29, 0.717) is 5.84 Å². The lowest BCUT2D eigenvalue weighted by Crippen LogP contribution is -2.33. The van der Waals surface area contributed by atoms with E-state index in [4.69, 9.17) is 23.8 Å². The molecule has 1 atom stereocenters. The largest absolute Gasteiger partial charge is 0.456 e. The van der Waals surface area contributed by atoms with Crippen LogP contribution in [0, 0.1) is 0 Å². The first kappa shape index (κ1) is 26.7. The summed E-state index contributed by atoms with van der Waals surface area (Å²) in [5, 5.41) is 9.90. The molecule has 1 unspecified atom stereocenters. The Kier molecular flexibility index (Phi) is 5.84. The molecule has 4 heterocycles. The third kappa shape index (κ3) is 4.16. The van der Waals surface area contributed by atoms with Crippen LogP contribution in [0.5, 0.6) is 0 Å². The number of nitrogens with one attached hydrogen (secondary N) is 1. The average molecular weight is 619 g/mol. The van der Waals surface area contributed by atoms with E-state index in [0.717, 1.165) is 82.9 Å². The molecule has 0 saturated carbocycles. The molecule has 0 radical (unpaired) electrons. The highest BCUT2D eigenvalue weighted by molar-refractivity contribution is 6.24. The maximum atomic E-state index is 6.72. The van der Waals surface area contributed by atoms with Crippen molar-refractivity contribution < 1.29 is 8.83 Å². The number of hydrogen-bond donors (Lipinski definition) is 1. The fraction of sp³-hybridized carbons (Fsp3) is 0.0238. The molecule has 6 nitrogen and oxygen atoms in total. The van der Waals surface area contributed by atoms with Crippen molar-refractivity contribution in [1.29, 1.82) is 0 Å². The summed E-state index contributed by atoms with van der Waals surface area (Å²) in [7, 11) is 0. The number of benzene rings is 6. The summed E-state index contributed by atoms with van der Waals surface area (Å²) in [6, 6.07) is 45.3. The molecule has 1 aliphatic rings. The van der Waals surface area contributed by atoms with E-state index in [-0.39, 0.29) is 6.17 Å². The summed E-state index contributed by atoms with van der Waals surface area (Å²) < 4.78 is 13.1. The number of furan rings is 2. The molecule has 48 heavy (non-hydrogen) atoms. The Morgan fingerprint density at radius 3 is 2.04 bits per heavy atom. The second-order valence-electron chi connectivity index (χ2n) is 12.1. The quantitative estimate of drug-likeness (QED) is 0.213. The van der Waals surface area contributed by atoms with Crippen molar-refractivity contribution in [1.82, 2.24) is 10.3 Å². The molecule has 10 rings (SSSR count). The number of aliphatic imine (C=N–C) groups is 2. The molecule has 0 fully saturated rings. The minimum absolute atomic E-state index is 0.306. The van der Waals surface area contributed by atoms with Gasteiger partial charge < -0.3 is 14.2 Å². The monoisotopic (exact) mass is 618 g/mol. The van der Waals surface area contributed by atoms with E-state index in [1.807, 2.05) is 85.2 Å². The van der Waals surface area contributed by atoms with E-state index in [9.17, 15) is 0 Å². The van der Waals surface area contributed by atoms with Gasteiger partial charge in [0.15, 0.2) is 5.84 Å². The van der Waals surface area contributed by atoms with E-state index in [1.54, 1.807) is 0 Å². The molecule has 1 N–H and O–H groups in total. The van der Waals surface area contributed by atoms with Crippen molar-refractivity contribution in [2.24, 2.45) is 9.98 Å². The molecule has 226 valence electrons. The highest BCUT2D eigenvalue weighted by Crippen LogP contribution is 2.42. The number of aromatic nitrogens is 1. The zero-order valence-electron chi connectivity index (χ0n) is 25.6. The van der Waals surface area contributed by atoms with Gasteiger partial charge in [-0.2, -0.15) is 0 Å². The van der Waals surface area contributed by atoms with Crippen molar-refractivity contribution >= 4 is 66.3 Å². The normalized spacial score (nSPS) is 14.9. The van der Waals surface area contributed by atoms with Crippen molar-refractivity contribution in [2.45, 2.75) is 6.17 Å². The van der Waals surface area contributed by atoms with Crippen molar-refractivity contribution in [2.75, 3.05) is 0 Å². The Morgan fingerprint density at radius 1 is 0.542 bits per heavy atom. The number of hydrogen-bond acceptors (Lipinski definition) is 6. The Hall–Kier alpha value is -6.53. The van der Waals surface area contributed by atoms with Crippen LogP contribution in [0.15, 0.2) is 165 Å². The Labute approximate surface area is 274 Å². The molecule has 0 saturated heterocycles. The van der Waals surface area contributed by atoms with Crippen LogP contribution in [0.4, 0.5) is 0 Å². The molecule has 6 heteroatoms. The maximum absolute atomic E-state index is 6.72. The molecule has 0 amide bonds. The van der Waals surface area contributed by atoms with Gasteiger partial charge in [0, 0.05) is 50.6 Å². The van der Waals surface area contributed by atoms with Gasteiger partial charge in [0.1, 0.15) is 34.3 Å². The van der Waals surface area contributed by atoms with Crippen molar-refractivity contribution in [3.05, 3.63) is 163 Å². The van der Waals surface area contributed by atoms with Crippen molar-refractivity contribution in [3.8, 4) is 11.1 Å². The highest BCUT2D eigenvalue weighted by Gasteiger charge is 2.25. The van der Waals surface area contributed by atoms with Crippen LogP contribution in [-0.2, 0) is 0 Å². The third-order valence-electron chi connectivity index (χ3n) is 9.20. The van der Waals surface area contributed by atoms with Gasteiger partial charge in [-0.15, -0.1) is 0 Å².